The van der Waals surface area contributed by atoms with Gasteiger partial charge in [-0.3, -0.25) is 4.98 Å². The van der Waals surface area contributed by atoms with E-state index >= 15 is 0 Å². The van der Waals surface area contributed by atoms with Crippen molar-refractivity contribution in [1.29, 1.82) is 0 Å². The molecule has 3 aromatic rings. The number of rotatable bonds is 6. The van der Waals surface area contributed by atoms with E-state index in [-0.39, 0.29) is 6.04 Å². The van der Waals surface area contributed by atoms with Gasteiger partial charge in [-0.2, -0.15) is 0 Å². The van der Waals surface area contributed by atoms with Gasteiger partial charge in [-0.15, -0.1) is 0 Å². The van der Waals surface area contributed by atoms with Crippen LogP contribution in [0.1, 0.15) is 19.5 Å². The van der Waals surface area contributed by atoms with E-state index in [0.717, 1.165) is 35.9 Å². The van der Waals surface area contributed by atoms with Gasteiger partial charge in [0, 0.05) is 54.7 Å². The van der Waals surface area contributed by atoms with Crippen LogP contribution in [0.25, 0.3) is 11.4 Å². The average molecular weight is 308 g/mol. The first-order valence-electron chi connectivity index (χ1n) is 7.75. The number of imidazole rings is 1. The molecule has 0 saturated carbocycles. The highest BCUT2D eigenvalue weighted by Crippen LogP contribution is 2.18. The maximum atomic E-state index is 4.65. The standard InChI is InChI=1S/C17H20N6/c1-3-15-10-16(20-13(2)11-23-9-8-19-12-23)22-17(21-15)14-4-6-18-7-5-14/h4-10,12-13H,3,11H2,1-2H3,(H,20,21,22). The number of aromatic nitrogens is 5. The minimum atomic E-state index is 0.231. The van der Waals surface area contributed by atoms with Crippen LogP contribution in [0.4, 0.5) is 5.82 Å². The molecular weight excluding hydrogens is 288 g/mol. The molecule has 118 valence electrons. The Labute approximate surface area is 135 Å². The Morgan fingerprint density at radius 1 is 1.13 bits per heavy atom. The van der Waals surface area contributed by atoms with Crippen molar-refractivity contribution in [2.75, 3.05) is 5.32 Å². The van der Waals surface area contributed by atoms with Gasteiger partial charge in [0.1, 0.15) is 5.82 Å². The van der Waals surface area contributed by atoms with Gasteiger partial charge in [0.05, 0.1) is 6.33 Å². The Bertz CT molecular complexity index is 739. The van der Waals surface area contributed by atoms with Crippen molar-refractivity contribution in [3.63, 3.8) is 0 Å². The Morgan fingerprint density at radius 3 is 2.65 bits per heavy atom. The molecule has 6 heteroatoms. The van der Waals surface area contributed by atoms with E-state index in [1.807, 2.05) is 35.3 Å². The molecule has 0 bridgehead atoms. The number of pyridine rings is 1. The van der Waals surface area contributed by atoms with Gasteiger partial charge in [0.2, 0.25) is 0 Å². The zero-order valence-corrected chi connectivity index (χ0v) is 13.3. The number of aryl methyl sites for hydroxylation is 1. The second-order valence-electron chi connectivity index (χ2n) is 5.46. The van der Waals surface area contributed by atoms with Crippen LogP contribution in [0, 0.1) is 0 Å². The topological polar surface area (TPSA) is 68.5 Å². The number of hydrogen-bond donors (Lipinski definition) is 1. The van der Waals surface area contributed by atoms with Gasteiger partial charge < -0.3 is 9.88 Å². The van der Waals surface area contributed by atoms with Crippen molar-refractivity contribution in [3.8, 4) is 11.4 Å². The quantitative estimate of drug-likeness (QED) is 0.758. The maximum Gasteiger partial charge on any atom is 0.161 e. The summed E-state index contributed by atoms with van der Waals surface area (Å²) in [5.41, 5.74) is 1.99. The van der Waals surface area contributed by atoms with E-state index in [1.54, 1.807) is 18.6 Å². The molecule has 0 fully saturated rings. The summed E-state index contributed by atoms with van der Waals surface area (Å²) in [6.45, 7) is 5.05. The third kappa shape index (κ3) is 3.91. The van der Waals surface area contributed by atoms with Crippen LogP contribution in [0.5, 0.6) is 0 Å². The fraction of sp³-hybridized carbons (Fsp3) is 0.294. The summed E-state index contributed by atoms with van der Waals surface area (Å²) in [4.78, 5) is 17.4. The normalized spacial score (nSPS) is 12.1. The molecule has 0 amide bonds. The molecule has 0 aromatic carbocycles. The molecule has 0 radical (unpaired) electrons. The number of nitrogens with zero attached hydrogens (tertiary/aromatic N) is 5. The van der Waals surface area contributed by atoms with Crippen LogP contribution in [0.2, 0.25) is 0 Å². The first-order chi connectivity index (χ1) is 11.2. The van der Waals surface area contributed by atoms with E-state index in [4.69, 9.17) is 0 Å². The first-order valence-corrected chi connectivity index (χ1v) is 7.75. The first kappa shape index (κ1) is 15.1. The number of anilines is 1. The summed E-state index contributed by atoms with van der Waals surface area (Å²) < 4.78 is 2.05. The van der Waals surface area contributed by atoms with E-state index in [0.29, 0.717) is 0 Å². The van der Waals surface area contributed by atoms with Crippen LogP contribution in [0.3, 0.4) is 0 Å². The second-order valence-corrected chi connectivity index (χ2v) is 5.46. The van der Waals surface area contributed by atoms with E-state index in [2.05, 4.69) is 39.1 Å². The summed E-state index contributed by atoms with van der Waals surface area (Å²) in [7, 11) is 0. The zero-order chi connectivity index (χ0) is 16.1. The van der Waals surface area contributed by atoms with Gasteiger partial charge in [0.25, 0.3) is 0 Å². The van der Waals surface area contributed by atoms with Crippen LogP contribution >= 0.6 is 0 Å². The Balaban J connectivity index is 1.81. The largest absolute Gasteiger partial charge is 0.366 e. The van der Waals surface area contributed by atoms with Crippen molar-refractivity contribution in [1.82, 2.24) is 24.5 Å². The molecular formula is C17H20N6. The van der Waals surface area contributed by atoms with E-state index in [1.165, 1.54) is 0 Å². The lowest BCUT2D eigenvalue weighted by Crippen LogP contribution is -2.22. The lowest BCUT2D eigenvalue weighted by molar-refractivity contribution is 0.617. The lowest BCUT2D eigenvalue weighted by atomic mass is 10.2. The molecule has 0 spiro atoms. The van der Waals surface area contributed by atoms with Gasteiger partial charge in [0.15, 0.2) is 5.82 Å². The van der Waals surface area contributed by atoms with Crippen LogP contribution in [0.15, 0.2) is 49.3 Å². The van der Waals surface area contributed by atoms with Crippen molar-refractivity contribution < 1.29 is 0 Å². The summed E-state index contributed by atoms with van der Waals surface area (Å²) in [5.74, 6) is 1.57. The van der Waals surface area contributed by atoms with Crippen LogP contribution in [-0.4, -0.2) is 30.5 Å². The molecule has 3 rings (SSSR count). The monoisotopic (exact) mass is 308 g/mol. The lowest BCUT2D eigenvalue weighted by Gasteiger charge is -2.16. The number of hydrogen-bond acceptors (Lipinski definition) is 5. The molecule has 0 saturated heterocycles. The smallest absolute Gasteiger partial charge is 0.161 e. The van der Waals surface area contributed by atoms with E-state index < -0.39 is 0 Å². The highest BCUT2D eigenvalue weighted by atomic mass is 15.1. The molecule has 1 unspecified atom stereocenters. The minimum Gasteiger partial charge on any atom is -0.366 e. The predicted molar refractivity (Wildman–Crippen MR) is 90.0 cm³/mol. The molecule has 23 heavy (non-hydrogen) atoms. The van der Waals surface area contributed by atoms with Gasteiger partial charge in [-0.1, -0.05) is 6.92 Å². The maximum absolute atomic E-state index is 4.65. The van der Waals surface area contributed by atoms with Gasteiger partial charge in [-0.05, 0) is 25.5 Å². The SMILES string of the molecule is CCc1cc(NC(C)Cn2ccnc2)nc(-c2ccncc2)n1. The Kier molecular flexibility index (Phi) is 4.61. The van der Waals surface area contributed by atoms with E-state index in [9.17, 15) is 0 Å². The zero-order valence-electron chi connectivity index (χ0n) is 13.3. The third-order valence-corrected chi connectivity index (χ3v) is 3.52. The van der Waals surface area contributed by atoms with Crippen molar-refractivity contribution in [3.05, 3.63) is 55.0 Å². The van der Waals surface area contributed by atoms with Crippen molar-refractivity contribution in [2.45, 2.75) is 32.9 Å². The highest BCUT2D eigenvalue weighted by molar-refractivity contribution is 5.56. The van der Waals surface area contributed by atoms with Crippen LogP contribution < -0.4 is 5.32 Å². The van der Waals surface area contributed by atoms with Gasteiger partial charge >= 0.3 is 0 Å². The summed E-state index contributed by atoms with van der Waals surface area (Å²) in [6, 6.07) is 6.09. The predicted octanol–water partition coefficient (Wildman–Crippen LogP) is 2.80. The fourth-order valence-corrected chi connectivity index (χ4v) is 2.39. The third-order valence-electron chi connectivity index (χ3n) is 3.52. The molecule has 0 aliphatic carbocycles. The second kappa shape index (κ2) is 7.00. The minimum absolute atomic E-state index is 0.231. The van der Waals surface area contributed by atoms with Crippen LogP contribution in [-0.2, 0) is 13.0 Å². The highest BCUT2D eigenvalue weighted by Gasteiger charge is 2.09. The van der Waals surface area contributed by atoms with Crippen molar-refractivity contribution in [2.24, 2.45) is 0 Å². The van der Waals surface area contributed by atoms with Crippen molar-refractivity contribution >= 4 is 5.82 Å². The average Bonchev–Trinajstić information content (AvgIpc) is 3.08. The van der Waals surface area contributed by atoms with Gasteiger partial charge in [-0.25, -0.2) is 15.0 Å². The molecule has 1 atom stereocenters. The summed E-state index contributed by atoms with van der Waals surface area (Å²) in [5, 5.41) is 3.45. The molecule has 0 aliphatic rings. The Morgan fingerprint density at radius 2 is 1.96 bits per heavy atom. The molecule has 3 aromatic heterocycles. The fourth-order valence-electron chi connectivity index (χ4n) is 2.39. The summed E-state index contributed by atoms with van der Waals surface area (Å²) >= 11 is 0. The molecule has 6 nitrogen and oxygen atoms in total. The molecule has 3 heterocycles. The Hall–Kier alpha value is -2.76. The molecule has 0 aliphatic heterocycles. The summed E-state index contributed by atoms with van der Waals surface area (Å²) in [6.07, 6.45) is 9.94. The number of nitrogens with one attached hydrogen (secondary N) is 1. The molecule has 1 N–H and O–H groups in total.